The summed E-state index contributed by atoms with van der Waals surface area (Å²) in [6.45, 7) is 1.45. The minimum atomic E-state index is -4.75. The Hall–Kier alpha value is -3.25. The fourth-order valence-electron chi connectivity index (χ4n) is 6.36. The molecule has 3 fully saturated rings. The number of nitrogens with zero attached hydrogens (tertiary/aromatic N) is 1. The fourth-order valence-corrected chi connectivity index (χ4v) is 6.36. The van der Waals surface area contributed by atoms with Gasteiger partial charge in [0.2, 0.25) is 0 Å². The van der Waals surface area contributed by atoms with Crippen molar-refractivity contribution >= 4 is 11.9 Å². The maximum atomic E-state index is 14.3. The second kappa shape index (κ2) is 11.8. The Bertz CT molecular complexity index is 1330. The molecule has 2 aromatic carbocycles. The number of methoxy groups -OCH3 is 1. The Labute approximate surface area is 240 Å². The van der Waals surface area contributed by atoms with Gasteiger partial charge in [-0.15, -0.1) is 0 Å². The number of piperidine rings is 1. The van der Waals surface area contributed by atoms with Crippen molar-refractivity contribution in [1.29, 1.82) is 0 Å². The topological polar surface area (TPSA) is 88.1 Å². The largest absolute Gasteiger partial charge is 0.493 e. The van der Waals surface area contributed by atoms with Crippen molar-refractivity contribution in [3.05, 3.63) is 64.2 Å². The zero-order valence-corrected chi connectivity index (χ0v) is 23.1. The van der Waals surface area contributed by atoms with E-state index >= 15 is 0 Å². The number of carbonyl (C=O) groups excluding carboxylic acids is 1. The van der Waals surface area contributed by atoms with Crippen molar-refractivity contribution in [3.8, 4) is 5.75 Å². The molecule has 0 radical (unpaired) electrons. The van der Waals surface area contributed by atoms with Crippen LogP contribution in [0.2, 0.25) is 0 Å². The quantitative estimate of drug-likeness (QED) is 0.391. The number of hydrogen-bond acceptors (Lipinski definition) is 5. The molecule has 1 amide bonds. The van der Waals surface area contributed by atoms with E-state index in [-0.39, 0.29) is 41.3 Å². The van der Waals surface area contributed by atoms with Gasteiger partial charge in [0.15, 0.2) is 11.6 Å². The van der Waals surface area contributed by atoms with E-state index < -0.39 is 40.9 Å². The van der Waals surface area contributed by atoms with Crippen LogP contribution in [0.3, 0.4) is 0 Å². The molecule has 0 spiro atoms. The van der Waals surface area contributed by atoms with Gasteiger partial charge in [-0.1, -0.05) is 6.07 Å². The maximum absolute atomic E-state index is 14.3. The van der Waals surface area contributed by atoms with Crippen molar-refractivity contribution in [1.82, 2.24) is 10.2 Å². The van der Waals surface area contributed by atoms with Crippen LogP contribution in [0.1, 0.15) is 71.5 Å². The summed E-state index contributed by atoms with van der Waals surface area (Å²) >= 11 is 0. The standard InChI is InChI=1S/C30H33F5N2O5/c1-41-26-19(12-21(14-25(26)32)30(33,34)35)15-36-28(40)29(20-3-4-20)9-6-22(16-42-29)37-10-7-17(8-11-37)18-2-5-24(31)23(13-18)27(38)39/h2,5,12-14,17,20,22H,3-4,6-11,15-16H2,1H3,(H,36,40)(H,38,39)/t22-,29+/m1/s1. The normalized spacial score (nSPS) is 23.9. The lowest BCUT2D eigenvalue weighted by Crippen LogP contribution is -2.57. The number of nitrogens with one attached hydrogen (secondary N) is 1. The highest BCUT2D eigenvalue weighted by atomic mass is 19.4. The van der Waals surface area contributed by atoms with Gasteiger partial charge >= 0.3 is 12.1 Å². The van der Waals surface area contributed by atoms with Gasteiger partial charge in [0.05, 0.1) is 24.8 Å². The van der Waals surface area contributed by atoms with E-state index in [1.807, 2.05) is 0 Å². The number of likely N-dealkylation sites (tertiary alicyclic amines) is 1. The first kappa shape index (κ1) is 30.2. The Balaban J connectivity index is 1.20. The van der Waals surface area contributed by atoms with Crippen LogP contribution in [0.4, 0.5) is 22.0 Å². The van der Waals surface area contributed by atoms with Crippen LogP contribution in [0.25, 0.3) is 0 Å². The van der Waals surface area contributed by atoms with E-state index in [0.717, 1.165) is 57.5 Å². The number of carbonyl (C=O) groups is 2. The molecule has 2 N–H and O–H groups in total. The molecular formula is C30H33F5N2O5. The van der Waals surface area contributed by atoms with E-state index in [0.29, 0.717) is 25.5 Å². The zero-order valence-electron chi connectivity index (χ0n) is 23.1. The second-order valence-corrected chi connectivity index (χ2v) is 11.4. The van der Waals surface area contributed by atoms with Crippen LogP contribution < -0.4 is 10.1 Å². The number of carboxylic acid groups (broad SMARTS) is 1. The van der Waals surface area contributed by atoms with E-state index in [2.05, 4.69) is 10.2 Å². The lowest BCUT2D eigenvalue weighted by Gasteiger charge is -2.45. The average Bonchev–Trinajstić information content (AvgIpc) is 3.82. The van der Waals surface area contributed by atoms with Crippen LogP contribution in [-0.2, 0) is 22.3 Å². The van der Waals surface area contributed by atoms with Gasteiger partial charge < -0.3 is 19.9 Å². The van der Waals surface area contributed by atoms with Crippen LogP contribution in [-0.4, -0.2) is 60.3 Å². The first-order valence-corrected chi connectivity index (χ1v) is 14.1. The van der Waals surface area contributed by atoms with Gasteiger partial charge in [-0.25, -0.2) is 13.6 Å². The summed E-state index contributed by atoms with van der Waals surface area (Å²) in [5.74, 6) is -3.87. The van der Waals surface area contributed by atoms with Crippen molar-refractivity contribution in [2.45, 2.75) is 68.8 Å². The van der Waals surface area contributed by atoms with E-state index in [9.17, 15) is 36.6 Å². The molecule has 0 aromatic heterocycles. The van der Waals surface area contributed by atoms with Crippen molar-refractivity contribution in [3.63, 3.8) is 0 Å². The summed E-state index contributed by atoms with van der Waals surface area (Å²) in [5.41, 5.74) is -1.90. The van der Waals surface area contributed by atoms with Crippen molar-refractivity contribution in [2.24, 2.45) is 5.92 Å². The number of hydrogen-bond donors (Lipinski definition) is 2. The molecule has 2 aromatic rings. The molecule has 1 aliphatic carbocycles. The Kier molecular flexibility index (Phi) is 8.48. The zero-order chi connectivity index (χ0) is 30.2. The molecule has 42 heavy (non-hydrogen) atoms. The third-order valence-electron chi connectivity index (χ3n) is 8.83. The summed E-state index contributed by atoms with van der Waals surface area (Å²) in [7, 11) is 1.16. The maximum Gasteiger partial charge on any atom is 0.416 e. The average molecular weight is 597 g/mol. The van der Waals surface area contributed by atoms with Gasteiger partial charge in [0.1, 0.15) is 11.4 Å². The highest BCUT2D eigenvalue weighted by Crippen LogP contribution is 2.47. The van der Waals surface area contributed by atoms with E-state index in [1.165, 1.54) is 12.1 Å². The van der Waals surface area contributed by atoms with Gasteiger partial charge in [0.25, 0.3) is 5.91 Å². The highest BCUT2D eigenvalue weighted by Gasteiger charge is 2.54. The second-order valence-electron chi connectivity index (χ2n) is 11.4. The lowest BCUT2D eigenvalue weighted by atomic mass is 9.84. The number of amides is 1. The number of carboxylic acids is 1. The number of ether oxygens (including phenoxy) is 2. The summed E-state index contributed by atoms with van der Waals surface area (Å²) in [6.07, 6.45) is -0.465. The molecule has 2 heterocycles. The summed E-state index contributed by atoms with van der Waals surface area (Å²) in [4.78, 5) is 27.1. The molecule has 2 atom stereocenters. The number of rotatable bonds is 8. The number of benzene rings is 2. The number of alkyl halides is 3. The Morgan fingerprint density at radius 2 is 1.79 bits per heavy atom. The van der Waals surface area contributed by atoms with Gasteiger partial charge in [-0.2, -0.15) is 13.2 Å². The Morgan fingerprint density at radius 1 is 1.07 bits per heavy atom. The van der Waals surface area contributed by atoms with Gasteiger partial charge in [-0.3, -0.25) is 9.69 Å². The molecule has 3 aliphatic rings. The van der Waals surface area contributed by atoms with Crippen LogP contribution in [0.5, 0.6) is 5.75 Å². The highest BCUT2D eigenvalue weighted by molar-refractivity contribution is 5.88. The Morgan fingerprint density at radius 3 is 2.36 bits per heavy atom. The molecule has 0 bridgehead atoms. The van der Waals surface area contributed by atoms with Crippen LogP contribution in [0, 0.1) is 17.6 Å². The lowest BCUT2D eigenvalue weighted by molar-refractivity contribution is -0.165. The molecular weight excluding hydrogens is 563 g/mol. The van der Waals surface area contributed by atoms with Crippen molar-refractivity contribution in [2.75, 3.05) is 26.8 Å². The van der Waals surface area contributed by atoms with E-state index in [4.69, 9.17) is 9.47 Å². The number of halogens is 5. The molecule has 5 rings (SSSR count). The van der Waals surface area contributed by atoms with Gasteiger partial charge in [0, 0.05) is 18.2 Å². The molecule has 1 saturated carbocycles. The molecule has 7 nitrogen and oxygen atoms in total. The molecule has 2 saturated heterocycles. The monoisotopic (exact) mass is 596 g/mol. The number of aromatic carboxylic acids is 1. The van der Waals surface area contributed by atoms with Gasteiger partial charge in [-0.05, 0) is 93.3 Å². The first-order valence-electron chi connectivity index (χ1n) is 14.1. The van der Waals surface area contributed by atoms with Crippen LogP contribution >= 0.6 is 0 Å². The smallest absolute Gasteiger partial charge is 0.416 e. The summed E-state index contributed by atoms with van der Waals surface area (Å²) in [5, 5.41) is 11.9. The fraction of sp³-hybridized carbons (Fsp3) is 0.533. The molecule has 12 heteroatoms. The summed E-state index contributed by atoms with van der Waals surface area (Å²) < 4.78 is 79.2. The molecule has 2 aliphatic heterocycles. The minimum Gasteiger partial charge on any atom is -0.493 e. The van der Waals surface area contributed by atoms with Crippen molar-refractivity contribution < 1.29 is 46.1 Å². The van der Waals surface area contributed by atoms with Crippen LogP contribution in [0.15, 0.2) is 30.3 Å². The third-order valence-corrected chi connectivity index (χ3v) is 8.83. The minimum absolute atomic E-state index is 0.00577. The predicted molar refractivity (Wildman–Crippen MR) is 141 cm³/mol. The molecule has 228 valence electrons. The first-order chi connectivity index (χ1) is 19.9. The SMILES string of the molecule is COc1c(F)cc(C(F)(F)F)cc1CNC(=O)[C@@]1(C2CC2)CC[C@@H](N2CCC(c3ccc(F)c(C(=O)O)c3)CC2)CO1. The predicted octanol–water partition coefficient (Wildman–Crippen LogP) is 5.51. The van der Waals surface area contributed by atoms with E-state index in [1.54, 1.807) is 6.07 Å². The summed E-state index contributed by atoms with van der Waals surface area (Å²) in [6, 6.07) is 5.47. The molecule has 0 unspecified atom stereocenters. The third kappa shape index (κ3) is 6.10.